The third-order valence-corrected chi connectivity index (χ3v) is 4.25. The topological polar surface area (TPSA) is 41.1 Å². The summed E-state index contributed by atoms with van der Waals surface area (Å²) in [6.07, 6.45) is 1.18. The van der Waals surface area contributed by atoms with E-state index in [1.807, 2.05) is 21.6 Å². The molecule has 1 amide bonds. The number of carbonyl (C=O) groups is 1. The van der Waals surface area contributed by atoms with Crippen LogP contribution in [0.25, 0.3) is 0 Å². The summed E-state index contributed by atoms with van der Waals surface area (Å²) in [5, 5.41) is 5.82. The quantitative estimate of drug-likeness (QED) is 0.659. The standard InChI is InChI=1S/C7H14N2OS2/c1-8-7(10)4-9-6-2-3-11-12-5-6/h6,9H,2-5H2,1H3,(H,8,10). The molecule has 1 aliphatic rings. The Morgan fingerprint density at radius 1 is 1.58 bits per heavy atom. The molecule has 0 spiro atoms. The largest absolute Gasteiger partial charge is 0.358 e. The molecule has 1 fully saturated rings. The molecule has 5 heteroatoms. The highest BCUT2D eigenvalue weighted by molar-refractivity contribution is 8.76. The average molecular weight is 206 g/mol. The van der Waals surface area contributed by atoms with Gasteiger partial charge in [-0.05, 0) is 6.42 Å². The third-order valence-electron chi connectivity index (χ3n) is 1.73. The van der Waals surface area contributed by atoms with Crippen LogP contribution in [0.5, 0.6) is 0 Å². The minimum Gasteiger partial charge on any atom is -0.358 e. The monoisotopic (exact) mass is 206 g/mol. The van der Waals surface area contributed by atoms with Crippen molar-refractivity contribution in [2.75, 3.05) is 25.1 Å². The first-order valence-electron chi connectivity index (χ1n) is 4.01. The molecule has 1 aliphatic heterocycles. The lowest BCUT2D eigenvalue weighted by atomic mass is 10.2. The number of amides is 1. The molecule has 12 heavy (non-hydrogen) atoms. The van der Waals surface area contributed by atoms with E-state index in [-0.39, 0.29) is 5.91 Å². The maximum absolute atomic E-state index is 10.9. The molecule has 0 radical (unpaired) electrons. The second kappa shape index (κ2) is 5.72. The van der Waals surface area contributed by atoms with Gasteiger partial charge in [-0.2, -0.15) is 0 Å². The van der Waals surface area contributed by atoms with Crippen LogP contribution in [-0.4, -0.2) is 37.0 Å². The number of rotatable bonds is 3. The Bertz CT molecular complexity index is 148. The van der Waals surface area contributed by atoms with Crippen molar-refractivity contribution >= 4 is 27.5 Å². The number of hydrogen-bond donors (Lipinski definition) is 2. The molecule has 1 unspecified atom stereocenters. The number of nitrogens with one attached hydrogen (secondary N) is 2. The van der Waals surface area contributed by atoms with Crippen molar-refractivity contribution in [3.8, 4) is 0 Å². The molecule has 70 valence electrons. The van der Waals surface area contributed by atoms with Crippen molar-refractivity contribution < 1.29 is 4.79 Å². The van der Waals surface area contributed by atoms with Gasteiger partial charge in [-0.1, -0.05) is 21.6 Å². The second-order valence-electron chi connectivity index (χ2n) is 2.65. The highest BCUT2D eigenvalue weighted by atomic mass is 33.1. The average Bonchev–Trinajstić information content (AvgIpc) is 2.16. The Labute approximate surface area is 80.8 Å². The van der Waals surface area contributed by atoms with Crippen molar-refractivity contribution in [1.82, 2.24) is 10.6 Å². The van der Waals surface area contributed by atoms with Crippen LogP contribution < -0.4 is 10.6 Å². The molecule has 3 nitrogen and oxygen atoms in total. The smallest absolute Gasteiger partial charge is 0.233 e. The van der Waals surface area contributed by atoms with Crippen LogP contribution in [0.2, 0.25) is 0 Å². The van der Waals surface area contributed by atoms with Gasteiger partial charge in [0.1, 0.15) is 0 Å². The summed E-state index contributed by atoms with van der Waals surface area (Å²) in [7, 11) is 5.46. The number of hydrogen-bond acceptors (Lipinski definition) is 4. The molecule has 0 aliphatic carbocycles. The third kappa shape index (κ3) is 3.69. The molecule has 0 aromatic heterocycles. The Hall–Kier alpha value is 0.130. The number of likely N-dealkylation sites (N-methyl/N-ethyl adjacent to an activating group) is 1. The van der Waals surface area contributed by atoms with Gasteiger partial charge in [-0.25, -0.2) is 0 Å². The van der Waals surface area contributed by atoms with E-state index in [0.717, 1.165) is 5.75 Å². The molecule has 0 aromatic rings. The Balaban J connectivity index is 2.09. The molecular formula is C7H14N2OS2. The van der Waals surface area contributed by atoms with Crippen LogP contribution in [0.1, 0.15) is 6.42 Å². The van der Waals surface area contributed by atoms with Crippen LogP contribution in [0, 0.1) is 0 Å². The highest BCUT2D eigenvalue weighted by Crippen LogP contribution is 2.28. The van der Waals surface area contributed by atoms with Gasteiger partial charge in [-0.15, -0.1) is 0 Å². The molecule has 1 saturated heterocycles. The fourth-order valence-corrected chi connectivity index (χ4v) is 3.42. The summed E-state index contributed by atoms with van der Waals surface area (Å²) in [5.74, 6) is 2.37. The molecule has 0 saturated carbocycles. The normalized spacial score (nSPS) is 23.6. The van der Waals surface area contributed by atoms with Crippen molar-refractivity contribution in [3.05, 3.63) is 0 Å². The van der Waals surface area contributed by atoms with Gasteiger partial charge >= 0.3 is 0 Å². The fraction of sp³-hybridized carbons (Fsp3) is 0.857. The van der Waals surface area contributed by atoms with E-state index in [0.29, 0.717) is 12.6 Å². The molecular weight excluding hydrogens is 192 g/mol. The van der Waals surface area contributed by atoms with Crippen molar-refractivity contribution in [3.63, 3.8) is 0 Å². The van der Waals surface area contributed by atoms with Gasteiger partial charge in [0.15, 0.2) is 0 Å². The molecule has 0 aromatic carbocycles. The first kappa shape index (κ1) is 10.2. The SMILES string of the molecule is CNC(=O)CNC1CCSSC1. The molecule has 1 heterocycles. The first-order valence-corrected chi connectivity index (χ1v) is 6.50. The van der Waals surface area contributed by atoms with Crippen molar-refractivity contribution in [2.24, 2.45) is 0 Å². The summed E-state index contributed by atoms with van der Waals surface area (Å²) in [4.78, 5) is 10.9. The second-order valence-corrected chi connectivity index (χ2v) is 5.27. The van der Waals surface area contributed by atoms with Crippen molar-refractivity contribution in [1.29, 1.82) is 0 Å². The Kier molecular flexibility index (Phi) is 4.87. The summed E-state index contributed by atoms with van der Waals surface area (Å²) in [6.45, 7) is 0.451. The van der Waals surface area contributed by atoms with E-state index < -0.39 is 0 Å². The van der Waals surface area contributed by atoms with Gasteiger partial charge < -0.3 is 10.6 Å². The molecule has 1 rings (SSSR count). The molecule has 1 atom stereocenters. The predicted molar refractivity (Wildman–Crippen MR) is 55.4 cm³/mol. The molecule has 0 bridgehead atoms. The van der Waals surface area contributed by atoms with E-state index in [4.69, 9.17) is 0 Å². The van der Waals surface area contributed by atoms with Gasteiger partial charge in [-0.3, -0.25) is 4.79 Å². The summed E-state index contributed by atoms with van der Waals surface area (Å²) < 4.78 is 0. The maximum Gasteiger partial charge on any atom is 0.233 e. The zero-order valence-electron chi connectivity index (χ0n) is 7.13. The summed E-state index contributed by atoms with van der Waals surface area (Å²) in [5.41, 5.74) is 0. The van der Waals surface area contributed by atoms with Crippen LogP contribution in [0.4, 0.5) is 0 Å². The van der Waals surface area contributed by atoms with Crippen LogP contribution >= 0.6 is 21.6 Å². The highest BCUT2D eigenvalue weighted by Gasteiger charge is 2.13. The minimum absolute atomic E-state index is 0.0678. The lowest BCUT2D eigenvalue weighted by molar-refractivity contribution is -0.119. The Morgan fingerprint density at radius 2 is 2.42 bits per heavy atom. The lowest BCUT2D eigenvalue weighted by Gasteiger charge is -2.21. The van der Waals surface area contributed by atoms with Gasteiger partial charge in [0.25, 0.3) is 0 Å². The van der Waals surface area contributed by atoms with Gasteiger partial charge in [0.2, 0.25) is 5.91 Å². The first-order chi connectivity index (χ1) is 5.83. The van der Waals surface area contributed by atoms with Crippen LogP contribution in [0.15, 0.2) is 0 Å². The summed E-state index contributed by atoms with van der Waals surface area (Å²) in [6, 6.07) is 0.522. The number of carbonyl (C=O) groups excluding carboxylic acids is 1. The van der Waals surface area contributed by atoms with Crippen molar-refractivity contribution in [2.45, 2.75) is 12.5 Å². The predicted octanol–water partition coefficient (Wildman–Crippen LogP) is 0.476. The fourth-order valence-electron chi connectivity index (χ4n) is 0.949. The van der Waals surface area contributed by atoms with Gasteiger partial charge in [0, 0.05) is 24.6 Å². The summed E-state index contributed by atoms with van der Waals surface area (Å²) >= 11 is 0. The van der Waals surface area contributed by atoms with E-state index >= 15 is 0 Å². The maximum atomic E-state index is 10.9. The van der Waals surface area contributed by atoms with E-state index in [2.05, 4.69) is 10.6 Å². The van der Waals surface area contributed by atoms with Gasteiger partial charge in [0.05, 0.1) is 6.54 Å². The Morgan fingerprint density at radius 3 is 3.00 bits per heavy atom. The van der Waals surface area contributed by atoms with Crippen LogP contribution in [0.3, 0.4) is 0 Å². The van der Waals surface area contributed by atoms with E-state index in [1.54, 1.807) is 7.05 Å². The van der Waals surface area contributed by atoms with E-state index in [9.17, 15) is 4.79 Å². The zero-order valence-corrected chi connectivity index (χ0v) is 8.76. The molecule has 2 N–H and O–H groups in total. The zero-order chi connectivity index (χ0) is 8.81. The lowest BCUT2D eigenvalue weighted by Crippen LogP contribution is -2.40. The van der Waals surface area contributed by atoms with Crippen LogP contribution in [-0.2, 0) is 4.79 Å². The minimum atomic E-state index is 0.0678. The van der Waals surface area contributed by atoms with E-state index in [1.165, 1.54) is 12.2 Å².